The van der Waals surface area contributed by atoms with Crippen LogP contribution in [0.25, 0.3) is 11.1 Å². The second-order valence-electron chi connectivity index (χ2n) is 7.26. The standard InChI is InChI=1S/C23H23ClN2O/c24-22-8-6-21(7-9-22)23(27)10-12-26(13-11-23)17-18-14-20(16-25-15-18)19-4-2-1-3-5-19/h1-9,14-16,27H,10-13,17H2. The van der Waals surface area contributed by atoms with Gasteiger partial charge in [-0.2, -0.15) is 0 Å². The van der Waals surface area contributed by atoms with Crippen LogP contribution in [0.2, 0.25) is 5.02 Å². The van der Waals surface area contributed by atoms with Gasteiger partial charge in [0.15, 0.2) is 0 Å². The van der Waals surface area contributed by atoms with Crippen LogP contribution in [0, 0.1) is 0 Å². The Kier molecular flexibility index (Phi) is 5.26. The van der Waals surface area contributed by atoms with Gasteiger partial charge in [-0.05, 0) is 47.7 Å². The first-order valence-corrected chi connectivity index (χ1v) is 9.70. The molecular formula is C23H23ClN2O. The van der Waals surface area contributed by atoms with Crippen LogP contribution in [0.15, 0.2) is 73.1 Å². The quantitative estimate of drug-likeness (QED) is 0.702. The van der Waals surface area contributed by atoms with Crippen molar-refractivity contribution in [1.82, 2.24) is 9.88 Å². The number of benzene rings is 2. The summed E-state index contributed by atoms with van der Waals surface area (Å²) in [6.07, 6.45) is 5.29. The van der Waals surface area contributed by atoms with Crippen LogP contribution in [0.4, 0.5) is 0 Å². The third kappa shape index (κ3) is 4.22. The fourth-order valence-electron chi connectivity index (χ4n) is 3.75. The maximum atomic E-state index is 11.0. The molecule has 1 N–H and O–H groups in total. The number of aromatic nitrogens is 1. The molecule has 3 aromatic rings. The van der Waals surface area contributed by atoms with Crippen LogP contribution in [0.5, 0.6) is 0 Å². The van der Waals surface area contributed by atoms with E-state index in [1.165, 1.54) is 11.1 Å². The number of halogens is 1. The Morgan fingerprint density at radius 3 is 2.33 bits per heavy atom. The Balaban J connectivity index is 1.42. The Morgan fingerprint density at radius 2 is 1.63 bits per heavy atom. The summed E-state index contributed by atoms with van der Waals surface area (Å²) in [5.74, 6) is 0. The van der Waals surface area contributed by atoms with Crippen LogP contribution < -0.4 is 0 Å². The lowest BCUT2D eigenvalue weighted by Crippen LogP contribution is -2.42. The van der Waals surface area contributed by atoms with E-state index in [0.717, 1.165) is 43.6 Å². The Hall–Kier alpha value is -2.20. The third-order valence-corrected chi connectivity index (χ3v) is 5.62. The minimum absolute atomic E-state index is 0.700. The zero-order chi connectivity index (χ0) is 18.7. The molecule has 2 aromatic carbocycles. The molecule has 1 saturated heterocycles. The summed E-state index contributed by atoms with van der Waals surface area (Å²) < 4.78 is 0. The second-order valence-corrected chi connectivity index (χ2v) is 7.70. The van der Waals surface area contributed by atoms with E-state index in [-0.39, 0.29) is 0 Å². The number of piperidine rings is 1. The lowest BCUT2D eigenvalue weighted by Gasteiger charge is -2.38. The van der Waals surface area contributed by atoms with Crippen LogP contribution in [0.3, 0.4) is 0 Å². The van der Waals surface area contributed by atoms with Gasteiger partial charge in [0.05, 0.1) is 5.60 Å². The largest absolute Gasteiger partial charge is 0.385 e. The highest BCUT2D eigenvalue weighted by molar-refractivity contribution is 6.30. The predicted molar refractivity (Wildman–Crippen MR) is 110 cm³/mol. The highest BCUT2D eigenvalue weighted by Gasteiger charge is 2.33. The van der Waals surface area contributed by atoms with E-state index in [4.69, 9.17) is 11.6 Å². The van der Waals surface area contributed by atoms with Gasteiger partial charge in [-0.1, -0.05) is 54.1 Å². The molecule has 0 radical (unpaired) electrons. The molecular weight excluding hydrogens is 356 g/mol. The van der Waals surface area contributed by atoms with Gasteiger partial charge in [0.1, 0.15) is 0 Å². The van der Waals surface area contributed by atoms with E-state index in [1.54, 1.807) is 0 Å². The average Bonchev–Trinajstić information content (AvgIpc) is 2.71. The number of nitrogens with zero attached hydrogens (tertiary/aromatic N) is 2. The van der Waals surface area contributed by atoms with Crippen molar-refractivity contribution in [2.45, 2.75) is 25.0 Å². The van der Waals surface area contributed by atoms with Crippen molar-refractivity contribution >= 4 is 11.6 Å². The Labute approximate surface area is 165 Å². The monoisotopic (exact) mass is 378 g/mol. The van der Waals surface area contributed by atoms with Crippen molar-refractivity contribution in [3.05, 3.63) is 89.2 Å². The van der Waals surface area contributed by atoms with Crippen molar-refractivity contribution in [3.63, 3.8) is 0 Å². The van der Waals surface area contributed by atoms with E-state index in [2.05, 4.69) is 28.1 Å². The third-order valence-electron chi connectivity index (χ3n) is 5.37. The topological polar surface area (TPSA) is 36.4 Å². The molecule has 3 nitrogen and oxygen atoms in total. The highest BCUT2D eigenvalue weighted by Crippen LogP contribution is 2.34. The van der Waals surface area contributed by atoms with Gasteiger partial charge in [-0.15, -0.1) is 0 Å². The molecule has 1 aromatic heterocycles. The molecule has 1 aliphatic rings. The van der Waals surface area contributed by atoms with Gasteiger partial charge >= 0.3 is 0 Å². The molecule has 27 heavy (non-hydrogen) atoms. The molecule has 138 valence electrons. The first kappa shape index (κ1) is 18.2. The average molecular weight is 379 g/mol. The van der Waals surface area contributed by atoms with E-state index in [0.29, 0.717) is 5.02 Å². The molecule has 0 bridgehead atoms. The molecule has 0 aliphatic carbocycles. The van der Waals surface area contributed by atoms with Gasteiger partial charge in [0.2, 0.25) is 0 Å². The first-order valence-electron chi connectivity index (χ1n) is 9.33. The molecule has 1 aliphatic heterocycles. The normalized spacial score (nSPS) is 17.0. The summed E-state index contributed by atoms with van der Waals surface area (Å²) in [5, 5.41) is 11.7. The summed E-state index contributed by atoms with van der Waals surface area (Å²) in [6, 6.07) is 20.1. The van der Waals surface area contributed by atoms with Crippen molar-refractivity contribution in [1.29, 1.82) is 0 Å². The zero-order valence-electron chi connectivity index (χ0n) is 15.2. The summed E-state index contributed by atoms with van der Waals surface area (Å²) in [4.78, 5) is 6.81. The second kappa shape index (κ2) is 7.81. The van der Waals surface area contributed by atoms with E-state index in [9.17, 15) is 5.11 Å². The van der Waals surface area contributed by atoms with Crippen molar-refractivity contribution in [3.8, 4) is 11.1 Å². The van der Waals surface area contributed by atoms with Crippen LogP contribution in [0.1, 0.15) is 24.0 Å². The predicted octanol–water partition coefficient (Wildman–Crippen LogP) is 4.89. The van der Waals surface area contributed by atoms with Gasteiger partial charge in [0.25, 0.3) is 0 Å². The number of hydrogen-bond donors (Lipinski definition) is 1. The lowest BCUT2D eigenvalue weighted by atomic mass is 9.84. The molecule has 0 atom stereocenters. The summed E-state index contributed by atoms with van der Waals surface area (Å²) in [6.45, 7) is 2.56. The minimum Gasteiger partial charge on any atom is -0.385 e. The fourth-order valence-corrected chi connectivity index (χ4v) is 3.88. The minimum atomic E-state index is -0.759. The van der Waals surface area contributed by atoms with E-state index >= 15 is 0 Å². The number of pyridine rings is 1. The van der Waals surface area contributed by atoms with Gasteiger partial charge in [-0.25, -0.2) is 0 Å². The van der Waals surface area contributed by atoms with Crippen LogP contribution >= 0.6 is 11.6 Å². The molecule has 2 heterocycles. The summed E-state index contributed by atoms with van der Waals surface area (Å²) >= 11 is 5.97. The van der Waals surface area contributed by atoms with Crippen molar-refractivity contribution in [2.75, 3.05) is 13.1 Å². The number of likely N-dealkylation sites (tertiary alicyclic amines) is 1. The fraction of sp³-hybridized carbons (Fsp3) is 0.261. The highest BCUT2D eigenvalue weighted by atomic mass is 35.5. The molecule has 0 spiro atoms. The summed E-state index contributed by atoms with van der Waals surface area (Å²) in [7, 11) is 0. The lowest BCUT2D eigenvalue weighted by molar-refractivity contribution is -0.0277. The maximum Gasteiger partial charge on any atom is 0.0920 e. The number of hydrogen-bond acceptors (Lipinski definition) is 3. The maximum absolute atomic E-state index is 11.0. The molecule has 0 unspecified atom stereocenters. The molecule has 1 fully saturated rings. The zero-order valence-corrected chi connectivity index (χ0v) is 15.9. The van der Waals surface area contributed by atoms with Crippen LogP contribution in [-0.4, -0.2) is 28.1 Å². The summed E-state index contributed by atoms with van der Waals surface area (Å²) in [5.41, 5.74) is 3.73. The van der Waals surface area contributed by atoms with E-state index < -0.39 is 5.60 Å². The molecule has 4 heteroatoms. The van der Waals surface area contributed by atoms with Crippen molar-refractivity contribution < 1.29 is 5.11 Å². The van der Waals surface area contributed by atoms with Gasteiger partial charge < -0.3 is 5.11 Å². The smallest absolute Gasteiger partial charge is 0.0920 e. The first-order chi connectivity index (χ1) is 13.1. The number of aliphatic hydroxyl groups is 1. The Bertz CT molecular complexity index is 888. The molecule has 4 rings (SSSR count). The van der Waals surface area contributed by atoms with E-state index in [1.807, 2.05) is 54.9 Å². The Morgan fingerprint density at radius 1 is 0.926 bits per heavy atom. The SMILES string of the molecule is OC1(c2ccc(Cl)cc2)CCN(Cc2cncc(-c3ccccc3)c2)CC1. The molecule has 0 saturated carbocycles. The number of rotatable bonds is 4. The van der Waals surface area contributed by atoms with Gasteiger partial charge in [0, 0.05) is 42.6 Å². The van der Waals surface area contributed by atoms with Crippen molar-refractivity contribution in [2.24, 2.45) is 0 Å². The van der Waals surface area contributed by atoms with Gasteiger partial charge in [-0.3, -0.25) is 9.88 Å². The molecule has 0 amide bonds. The van der Waals surface area contributed by atoms with Crippen LogP contribution in [-0.2, 0) is 12.1 Å².